The van der Waals surface area contributed by atoms with E-state index in [1.165, 1.54) is 6.42 Å². The predicted molar refractivity (Wildman–Crippen MR) is 66.7 cm³/mol. The number of nitrogens with one attached hydrogen (secondary N) is 1. The van der Waals surface area contributed by atoms with Crippen molar-refractivity contribution in [3.8, 4) is 0 Å². The number of hydrogen-bond donors (Lipinski definition) is 2. The molecule has 4 atom stereocenters. The molecule has 0 saturated carbocycles. The van der Waals surface area contributed by atoms with Crippen molar-refractivity contribution in [2.45, 2.75) is 45.3 Å². The number of piperidine rings is 1. The van der Waals surface area contributed by atoms with Gasteiger partial charge in [-0.3, -0.25) is 9.59 Å². The normalized spacial score (nSPS) is 31.3. The molecule has 2 saturated heterocycles. The first kappa shape index (κ1) is 13.3. The zero-order valence-corrected chi connectivity index (χ0v) is 11.1. The van der Waals surface area contributed by atoms with Crippen molar-refractivity contribution in [1.82, 2.24) is 10.2 Å². The molecule has 0 spiro atoms. The zero-order valence-electron chi connectivity index (χ0n) is 11.1. The van der Waals surface area contributed by atoms with Crippen LogP contribution in [0.15, 0.2) is 0 Å². The molecule has 2 N–H and O–H groups in total. The smallest absolute Gasteiger partial charge is 0.228 e. The number of nitrogens with zero attached hydrogens (tertiary/aromatic N) is 1. The monoisotopic (exact) mass is 254 g/mol. The van der Waals surface area contributed by atoms with Crippen molar-refractivity contribution in [2.75, 3.05) is 13.1 Å². The van der Waals surface area contributed by atoms with Gasteiger partial charge in [-0.2, -0.15) is 0 Å². The Morgan fingerprint density at radius 2 is 1.94 bits per heavy atom. The molecule has 18 heavy (non-hydrogen) atoms. The van der Waals surface area contributed by atoms with Gasteiger partial charge < -0.3 is 15.3 Å². The molecule has 2 aliphatic rings. The van der Waals surface area contributed by atoms with E-state index in [-0.39, 0.29) is 23.8 Å². The first-order valence-electron chi connectivity index (χ1n) is 6.79. The van der Waals surface area contributed by atoms with E-state index in [0.29, 0.717) is 0 Å². The molecule has 5 nitrogen and oxygen atoms in total. The molecule has 4 unspecified atom stereocenters. The lowest BCUT2D eigenvalue weighted by molar-refractivity contribution is -0.148. The van der Waals surface area contributed by atoms with Crippen LogP contribution >= 0.6 is 0 Å². The Morgan fingerprint density at radius 3 is 2.44 bits per heavy atom. The summed E-state index contributed by atoms with van der Waals surface area (Å²) in [4.78, 5) is 25.6. The number of carbonyl (C=O) groups is 2. The Balaban J connectivity index is 1.96. The molecule has 0 aliphatic carbocycles. The van der Waals surface area contributed by atoms with Gasteiger partial charge >= 0.3 is 0 Å². The molecule has 0 bridgehead atoms. The van der Waals surface area contributed by atoms with Gasteiger partial charge in [0.2, 0.25) is 11.8 Å². The summed E-state index contributed by atoms with van der Waals surface area (Å²) >= 11 is 0. The van der Waals surface area contributed by atoms with Crippen LogP contribution in [0.4, 0.5) is 0 Å². The Kier molecular flexibility index (Phi) is 3.90. The minimum absolute atomic E-state index is 0.102. The average Bonchev–Trinajstić information content (AvgIpc) is 2.34. The van der Waals surface area contributed by atoms with Crippen molar-refractivity contribution in [3.63, 3.8) is 0 Å². The van der Waals surface area contributed by atoms with Gasteiger partial charge in [-0.1, -0.05) is 6.92 Å². The second-order valence-electron chi connectivity index (χ2n) is 5.48. The molecule has 2 amide bonds. The fourth-order valence-corrected chi connectivity index (χ4v) is 2.93. The van der Waals surface area contributed by atoms with Crippen LogP contribution in [0, 0.1) is 11.8 Å². The minimum atomic E-state index is -0.694. The van der Waals surface area contributed by atoms with E-state index in [1.807, 2.05) is 11.8 Å². The van der Waals surface area contributed by atoms with Gasteiger partial charge in [0, 0.05) is 13.1 Å². The molecular formula is C13H22N2O3. The molecule has 2 aliphatic heterocycles. The van der Waals surface area contributed by atoms with Gasteiger partial charge in [-0.05, 0) is 26.2 Å². The van der Waals surface area contributed by atoms with E-state index in [1.54, 1.807) is 6.92 Å². The summed E-state index contributed by atoms with van der Waals surface area (Å²) in [5.74, 6) is -0.729. The average molecular weight is 254 g/mol. The lowest BCUT2D eigenvalue weighted by Crippen LogP contribution is -2.66. The molecule has 0 aromatic rings. The minimum Gasteiger partial charge on any atom is -0.393 e. The van der Waals surface area contributed by atoms with Crippen LogP contribution in [0.25, 0.3) is 0 Å². The lowest BCUT2D eigenvalue weighted by Gasteiger charge is -2.43. The quantitative estimate of drug-likeness (QED) is 0.703. The van der Waals surface area contributed by atoms with Crippen LogP contribution in [0.3, 0.4) is 0 Å². The topological polar surface area (TPSA) is 69.6 Å². The van der Waals surface area contributed by atoms with E-state index in [9.17, 15) is 14.7 Å². The van der Waals surface area contributed by atoms with Crippen LogP contribution in [0.1, 0.15) is 33.1 Å². The van der Waals surface area contributed by atoms with Crippen molar-refractivity contribution in [2.24, 2.45) is 11.8 Å². The van der Waals surface area contributed by atoms with Gasteiger partial charge in [0.1, 0.15) is 0 Å². The first-order chi connectivity index (χ1) is 8.52. The number of rotatable bonds is 3. The Bertz CT molecular complexity index is 337. The van der Waals surface area contributed by atoms with Crippen molar-refractivity contribution < 1.29 is 14.7 Å². The van der Waals surface area contributed by atoms with E-state index in [0.717, 1.165) is 25.9 Å². The fourth-order valence-electron chi connectivity index (χ4n) is 2.93. The van der Waals surface area contributed by atoms with Gasteiger partial charge in [0.15, 0.2) is 0 Å². The first-order valence-corrected chi connectivity index (χ1v) is 6.79. The Labute approximate surface area is 108 Å². The highest BCUT2D eigenvalue weighted by atomic mass is 16.3. The van der Waals surface area contributed by atoms with Crippen LogP contribution < -0.4 is 5.32 Å². The Hall–Kier alpha value is -1.10. The third-order valence-corrected chi connectivity index (χ3v) is 4.11. The van der Waals surface area contributed by atoms with Gasteiger partial charge in [0.05, 0.1) is 24.0 Å². The van der Waals surface area contributed by atoms with Gasteiger partial charge in [0.25, 0.3) is 0 Å². The summed E-state index contributed by atoms with van der Waals surface area (Å²) in [7, 11) is 0. The molecule has 0 radical (unpaired) electrons. The van der Waals surface area contributed by atoms with Crippen LogP contribution in [0.2, 0.25) is 0 Å². The number of aliphatic hydroxyl groups excluding tert-OH is 1. The highest BCUT2D eigenvalue weighted by Crippen LogP contribution is 2.27. The zero-order chi connectivity index (χ0) is 13.3. The van der Waals surface area contributed by atoms with Crippen molar-refractivity contribution in [3.05, 3.63) is 0 Å². The second kappa shape index (κ2) is 5.26. The lowest BCUT2D eigenvalue weighted by atomic mass is 9.78. The number of hydrogen-bond acceptors (Lipinski definition) is 3. The summed E-state index contributed by atoms with van der Waals surface area (Å²) in [6, 6.07) is -0.216. The summed E-state index contributed by atoms with van der Waals surface area (Å²) in [6.07, 6.45) is 2.62. The summed E-state index contributed by atoms with van der Waals surface area (Å²) in [5, 5.41) is 12.3. The third kappa shape index (κ3) is 2.36. The van der Waals surface area contributed by atoms with Gasteiger partial charge in [-0.15, -0.1) is 0 Å². The van der Waals surface area contributed by atoms with E-state index in [4.69, 9.17) is 0 Å². The molecule has 0 aromatic carbocycles. The fraction of sp³-hybridized carbons (Fsp3) is 0.846. The molecule has 2 fully saturated rings. The van der Waals surface area contributed by atoms with Gasteiger partial charge in [-0.25, -0.2) is 0 Å². The SMILES string of the molecule is CC(O)C1C(=O)NC1C(C)C(=O)N1CCCCC1. The standard InChI is InChI=1S/C13H22N2O3/c1-8(11-10(9(2)16)12(17)14-11)13(18)15-6-4-3-5-7-15/h8-11,16H,3-7H2,1-2H3,(H,14,17). The number of β-lactam (4-membered cyclic amide) rings is 1. The van der Waals surface area contributed by atoms with Crippen molar-refractivity contribution >= 4 is 11.8 Å². The molecule has 102 valence electrons. The molecule has 0 aromatic heterocycles. The molecular weight excluding hydrogens is 232 g/mol. The predicted octanol–water partition coefficient (Wildman–Crippen LogP) is 0.130. The number of amides is 2. The molecule has 5 heteroatoms. The second-order valence-corrected chi connectivity index (χ2v) is 5.48. The number of aliphatic hydroxyl groups is 1. The molecule has 2 rings (SSSR count). The maximum Gasteiger partial charge on any atom is 0.228 e. The largest absolute Gasteiger partial charge is 0.393 e. The maximum atomic E-state index is 12.3. The maximum absolute atomic E-state index is 12.3. The van der Waals surface area contributed by atoms with Crippen LogP contribution in [0.5, 0.6) is 0 Å². The van der Waals surface area contributed by atoms with Crippen LogP contribution in [-0.2, 0) is 9.59 Å². The number of likely N-dealkylation sites (tertiary alicyclic amines) is 1. The summed E-state index contributed by atoms with van der Waals surface area (Å²) in [5.41, 5.74) is 0. The van der Waals surface area contributed by atoms with Crippen LogP contribution in [-0.4, -0.2) is 47.1 Å². The Morgan fingerprint density at radius 1 is 1.33 bits per heavy atom. The highest BCUT2D eigenvalue weighted by molar-refractivity contribution is 5.90. The van der Waals surface area contributed by atoms with E-state index >= 15 is 0 Å². The number of carbonyl (C=O) groups excluding carboxylic acids is 2. The molecule has 2 heterocycles. The van der Waals surface area contributed by atoms with Crippen molar-refractivity contribution in [1.29, 1.82) is 0 Å². The highest BCUT2D eigenvalue weighted by Gasteiger charge is 2.47. The third-order valence-electron chi connectivity index (χ3n) is 4.11. The summed E-state index contributed by atoms with van der Waals surface area (Å²) < 4.78 is 0. The van der Waals surface area contributed by atoms with E-state index < -0.39 is 12.0 Å². The van der Waals surface area contributed by atoms with E-state index in [2.05, 4.69) is 5.32 Å². The summed E-state index contributed by atoms with van der Waals surface area (Å²) in [6.45, 7) is 5.09.